The first-order valence-corrected chi connectivity index (χ1v) is 5.95. The van der Waals surface area contributed by atoms with Gasteiger partial charge in [-0.05, 0) is 49.4 Å². The van der Waals surface area contributed by atoms with Crippen molar-refractivity contribution in [2.75, 3.05) is 7.05 Å². The van der Waals surface area contributed by atoms with E-state index in [4.69, 9.17) is 11.6 Å². The van der Waals surface area contributed by atoms with Gasteiger partial charge in [0, 0.05) is 11.1 Å². The molecule has 0 aliphatic heterocycles. The molecule has 82 valence electrons. The van der Waals surface area contributed by atoms with Crippen LogP contribution < -0.4 is 5.32 Å². The van der Waals surface area contributed by atoms with Crippen LogP contribution in [0.1, 0.15) is 31.7 Å². The second-order valence-electron chi connectivity index (χ2n) is 4.80. The zero-order chi connectivity index (χ0) is 10.9. The molecule has 0 aromatic heterocycles. The molecule has 0 heterocycles. The van der Waals surface area contributed by atoms with Crippen molar-refractivity contribution in [3.05, 3.63) is 34.9 Å². The summed E-state index contributed by atoms with van der Waals surface area (Å²) in [5.74, 6) is 0. The zero-order valence-electron chi connectivity index (χ0n) is 9.39. The summed E-state index contributed by atoms with van der Waals surface area (Å²) in [5.41, 5.74) is 1.69. The molecule has 2 unspecified atom stereocenters. The van der Waals surface area contributed by atoms with Crippen molar-refractivity contribution in [2.24, 2.45) is 0 Å². The molecule has 0 radical (unpaired) electrons. The van der Waals surface area contributed by atoms with Gasteiger partial charge in [0.1, 0.15) is 0 Å². The second-order valence-corrected chi connectivity index (χ2v) is 5.24. The van der Waals surface area contributed by atoms with E-state index in [1.54, 1.807) is 0 Å². The molecule has 0 spiro atoms. The first-order chi connectivity index (χ1) is 7.14. The summed E-state index contributed by atoms with van der Waals surface area (Å²) >= 11 is 6.04. The number of hydrogen-bond donors (Lipinski definition) is 1. The average Bonchev–Trinajstić information content (AvgIpc) is 2.62. The van der Waals surface area contributed by atoms with Gasteiger partial charge < -0.3 is 5.32 Å². The van der Waals surface area contributed by atoms with Gasteiger partial charge in [0.25, 0.3) is 0 Å². The lowest BCUT2D eigenvalue weighted by Gasteiger charge is -2.25. The van der Waals surface area contributed by atoms with Crippen molar-refractivity contribution in [1.29, 1.82) is 0 Å². The number of rotatable bonds is 2. The molecule has 1 nitrogen and oxygen atoms in total. The van der Waals surface area contributed by atoms with E-state index in [2.05, 4.69) is 30.4 Å². The highest BCUT2D eigenvalue weighted by Crippen LogP contribution is 2.41. The molecule has 0 bridgehead atoms. The van der Waals surface area contributed by atoms with E-state index >= 15 is 0 Å². The van der Waals surface area contributed by atoms with Crippen molar-refractivity contribution < 1.29 is 0 Å². The monoisotopic (exact) mass is 223 g/mol. The third-order valence-electron chi connectivity index (χ3n) is 3.67. The maximum absolute atomic E-state index is 6.04. The van der Waals surface area contributed by atoms with E-state index in [9.17, 15) is 0 Å². The summed E-state index contributed by atoms with van der Waals surface area (Å²) in [6, 6.07) is 8.96. The summed E-state index contributed by atoms with van der Waals surface area (Å²) in [6.45, 7) is 2.34. The Morgan fingerprint density at radius 1 is 1.47 bits per heavy atom. The number of halogens is 1. The number of benzene rings is 1. The highest BCUT2D eigenvalue weighted by Gasteiger charge is 2.35. The van der Waals surface area contributed by atoms with Gasteiger partial charge in [-0.15, -0.1) is 0 Å². The maximum atomic E-state index is 6.04. The fourth-order valence-corrected chi connectivity index (χ4v) is 2.80. The SMILES string of the molecule is CNC1CCC(C)(c2cccc(Cl)c2)C1. The highest BCUT2D eigenvalue weighted by atomic mass is 35.5. The summed E-state index contributed by atoms with van der Waals surface area (Å²) in [5, 5.41) is 4.22. The quantitative estimate of drug-likeness (QED) is 0.811. The topological polar surface area (TPSA) is 12.0 Å². The Balaban J connectivity index is 2.23. The van der Waals surface area contributed by atoms with E-state index in [1.807, 2.05) is 13.1 Å². The summed E-state index contributed by atoms with van der Waals surface area (Å²) in [7, 11) is 2.05. The molecule has 2 atom stereocenters. The smallest absolute Gasteiger partial charge is 0.0408 e. The Morgan fingerprint density at radius 3 is 2.87 bits per heavy atom. The van der Waals surface area contributed by atoms with Crippen molar-refractivity contribution in [2.45, 2.75) is 37.6 Å². The standard InChI is InChI=1S/C13H18ClN/c1-13(7-6-12(9-13)15-2)10-4-3-5-11(14)8-10/h3-5,8,12,15H,6-7,9H2,1-2H3. The predicted octanol–water partition coefficient (Wildman–Crippen LogP) is 3.37. The third-order valence-corrected chi connectivity index (χ3v) is 3.91. The number of nitrogens with one attached hydrogen (secondary N) is 1. The van der Waals surface area contributed by atoms with Gasteiger partial charge in [0.15, 0.2) is 0 Å². The van der Waals surface area contributed by atoms with Crippen molar-refractivity contribution in [3.8, 4) is 0 Å². The lowest BCUT2D eigenvalue weighted by molar-refractivity contribution is 0.467. The third kappa shape index (κ3) is 2.19. The molecule has 1 N–H and O–H groups in total. The first kappa shape index (κ1) is 11.0. The molecule has 0 amide bonds. The molecule has 2 heteroatoms. The normalized spacial score (nSPS) is 30.7. The molecule has 1 aromatic rings. The molecule has 1 aromatic carbocycles. The fraction of sp³-hybridized carbons (Fsp3) is 0.538. The van der Waals surface area contributed by atoms with E-state index in [-0.39, 0.29) is 0 Å². The Kier molecular flexibility index (Phi) is 3.03. The minimum absolute atomic E-state index is 0.304. The molecular weight excluding hydrogens is 206 g/mol. The molecule has 1 aliphatic carbocycles. The Bertz CT molecular complexity index is 350. The Labute approximate surface area is 96.8 Å². The second kappa shape index (κ2) is 4.15. The molecule has 1 fully saturated rings. The van der Waals surface area contributed by atoms with Crippen LogP contribution in [0.15, 0.2) is 24.3 Å². The van der Waals surface area contributed by atoms with Crippen LogP contribution in [-0.4, -0.2) is 13.1 Å². The molecule has 15 heavy (non-hydrogen) atoms. The Morgan fingerprint density at radius 2 is 2.27 bits per heavy atom. The van der Waals surface area contributed by atoms with E-state index < -0.39 is 0 Å². The van der Waals surface area contributed by atoms with Crippen LogP contribution in [-0.2, 0) is 5.41 Å². The average molecular weight is 224 g/mol. The van der Waals surface area contributed by atoms with Crippen molar-refractivity contribution >= 4 is 11.6 Å². The van der Waals surface area contributed by atoms with Crippen LogP contribution >= 0.6 is 11.6 Å². The van der Waals surface area contributed by atoms with E-state index in [0.717, 1.165) is 5.02 Å². The minimum Gasteiger partial charge on any atom is -0.317 e. The molecule has 1 saturated carbocycles. The van der Waals surface area contributed by atoms with Crippen LogP contribution in [0.25, 0.3) is 0 Å². The summed E-state index contributed by atoms with van der Waals surface area (Å²) < 4.78 is 0. The fourth-order valence-electron chi connectivity index (χ4n) is 2.61. The molecule has 0 saturated heterocycles. The highest BCUT2D eigenvalue weighted by molar-refractivity contribution is 6.30. The predicted molar refractivity (Wildman–Crippen MR) is 65.5 cm³/mol. The van der Waals surface area contributed by atoms with Gasteiger partial charge in [-0.1, -0.05) is 30.7 Å². The largest absolute Gasteiger partial charge is 0.317 e. The van der Waals surface area contributed by atoms with Gasteiger partial charge in [-0.3, -0.25) is 0 Å². The van der Waals surface area contributed by atoms with Crippen LogP contribution in [0, 0.1) is 0 Å². The molecular formula is C13H18ClN. The summed E-state index contributed by atoms with van der Waals surface area (Å²) in [6.07, 6.45) is 3.72. The van der Waals surface area contributed by atoms with Crippen LogP contribution in [0.4, 0.5) is 0 Å². The van der Waals surface area contributed by atoms with Gasteiger partial charge in [0.05, 0.1) is 0 Å². The lowest BCUT2D eigenvalue weighted by Crippen LogP contribution is -2.25. The Hall–Kier alpha value is -0.530. The van der Waals surface area contributed by atoms with Crippen LogP contribution in [0.5, 0.6) is 0 Å². The first-order valence-electron chi connectivity index (χ1n) is 5.57. The van der Waals surface area contributed by atoms with E-state index in [0.29, 0.717) is 11.5 Å². The van der Waals surface area contributed by atoms with Gasteiger partial charge >= 0.3 is 0 Å². The minimum atomic E-state index is 0.304. The van der Waals surface area contributed by atoms with E-state index in [1.165, 1.54) is 24.8 Å². The van der Waals surface area contributed by atoms with Crippen LogP contribution in [0.2, 0.25) is 5.02 Å². The molecule has 1 aliphatic rings. The van der Waals surface area contributed by atoms with Gasteiger partial charge in [0.2, 0.25) is 0 Å². The van der Waals surface area contributed by atoms with Gasteiger partial charge in [-0.2, -0.15) is 0 Å². The number of hydrogen-bond acceptors (Lipinski definition) is 1. The lowest BCUT2D eigenvalue weighted by atomic mass is 9.81. The van der Waals surface area contributed by atoms with Gasteiger partial charge in [-0.25, -0.2) is 0 Å². The summed E-state index contributed by atoms with van der Waals surface area (Å²) in [4.78, 5) is 0. The van der Waals surface area contributed by atoms with Crippen molar-refractivity contribution in [1.82, 2.24) is 5.32 Å². The van der Waals surface area contributed by atoms with Crippen LogP contribution in [0.3, 0.4) is 0 Å². The zero-order valence-corrected chi connectivity index (χ0v) is 10.1. The van der Waals surface area contributed by atoms with Crippen molar-refractivity contribution in [3.63, 3.8) is 0 Å². The molecule has 2 rings (SSSR count). The maximum Gasteiger partial charge on any atom is 0.0408 e.